The van der Waals surface area contributed by atoms with Gasteiger partial charge in [0.2, 0.25) is 0 Å². The Morgan fingerprint density at radius 3 is 2.91 bits per heavy atom. The predicted molar refractivity (Wildman–Crippen MR) is 37.9 cm³/mol. The molecule has 2 nitrogen and oxygen atoms in total. The van der Waals surface area contributed by atoms with Crippen molar-refractivity contribution in [3.05, 3.63) is 35.4 Å². The maximum Gasteiger partial charge on any atom is 0.339 e. The summed E-state index contributed by atoms with van der Waals surface area (Å²) in [6.45, 7) is 1.84. The smallest absolute Gasteiger partial charge is 0.339 e. The summed E-state index contributed by atoms with van der Waals surface area (Å²) in [4.78, 5) is 11.0. The van der Waals surface area contributed by atoms with Crippen LogP contribution in [0.1, 0.15) is 28.9 Å². The molecule has 0 saturated heterocycles. The first-order valence-electron chi connectivity index (χ1n) is 3.41. The minimum Gasteiger partial charge on any atom is -0.454 e. The van der Waals surface area contributed by atoms with Gasteiger partial charge in [-0.05, 0) is 13.0 Å². The van der Waals surface area contributed by atoms with Gasteiger partial charge in [0, 0.05) is 11.6 Å². The standard InChI is InChI=1S/C9H6O2/c1-6-7-4-2-3-5-8(7)9(10)11-6/h4-6H,1H3. The SMILES string of the molecule is CC1OC(=O)c2cc#ccc21. The summed E-state index contributed by atoms with van der Waals surface area (Å²) in [5.74, 6) is -0.252. The first-order chi connectivity index (χ1) is 5.29. The number of cyclic esters (lactones) is 1. The maximum absolute atomic E-state index is 11.0. The van der Waals surface area contributed by atoms with E-state index in [-0.39, 0.29) is 12.1 Å². The Bertz CT molecular complexity index is 304. The second kappa shape index (κ2) is 2.00. The topological polar surface area (TPSA) is 26.3 Å². The molecule has 1 aromatic rings. The molecule has 1 aliphatic rings. The molecule has 54 valence electrons. The van der Waals surface area contributed by atoms with E-state index in [0.717, 1.165) is 5.56 Å². The normalized spacial score (nSPS) is 20.5. The van der Waals surface area contributed by atoms with Crippen molar-refractivity contribution < 1.29 is 9.53 Å². The van der Waals surface area contributed by atoms with Crippen molar-refractivity contribution in [1.29, 1.82) is 0 Å². The molecule has 0 fully saturated rings. The number of fused-ring (bicyclic) bond motifs is 1. The summed E-state index contributed by atoms with van der Waals surface area (Å²) >= 11 is 0. The number of carbonyl (C=O) groups is 1. The van der Waals surface area contributed by atoms with Crippen molar-refractivity contribution in [2.24, 2.45) is 0 Å². The lowest BCUT2D eigenvalue weighted by atomic mass is 10.1. The van der Waals surface area contributed by atoms with Gasteiger partial charge in [-0.3, -0.25) is 0 Å². The lowest BCUT2D eigenvalue weighted by Crippen LogP contribution is -1.93. The molecule has 0 saturated carbocycles. The van der Waals surface area contributed by atoms with Crippen LogP contribution in [-0.2, 0) is 4.74 Å². The fourth-order valence-corrected chi connectivity index (χ4v) is 1.19. The second-order valence-corrected chi connectivity index (χ2v) is 2.49. The van der Waals surface area contributed by atoms with Gasteiger partial charge in [-0.15, -0.1) is 0 Å². The lowest BCUT2D eigenvalue weighted by Gasteiger charge is -1.98. The summed E-state index contributed by atoms with van der Waals surface area (Å²) in [6.07, 6.45) is -0.122. The zero-order valence-electron chi connectivity index (χ0n) is 6.05. The van der Waals surface area contributed by atoms with Gasteiger partial charge in [-0.2, -0.15) is 0 Å². The highest BCUT2D eigenvalue weighted by Crippen LogP contribution is 2.28. The molecule has 0 amide bonds. The van der Waals surface area contributed by atoms with Crippen LogP contribution in [0.5, 0.6) is 0 Å². The highest BCUT2D eigenvalue weighted by Gasteiger charge is 2.26. The highest BCUT2D eigenvalue weighted by molar-refractivity contribution is 5.93. The average Bonchev–Trinajstić information content (AvgIpc) is 2.30. The van der Waals surface area contributed by atoms with Gasteiger partial charge in [0.1, 0.15) is 6.10 Å². The summed E-state index contributed by atoms with van der Waals surface area (Å²) in [5, 5.41) is 0. The molecule has 1 atom stereocenters. The quantitative estimate of drug-likeness (QED) is 0.518. The maximum atomic E-state index is 11.0. The van der Waals surface area contributed by atoms with Crippen molar-refractivity contribution in [1.82, 2.24) is 0 Å². The molecule has 2 rings (SSSR count). The van der Waals surface area contributed by atoms with Crippen LogP contribution >= 0.6 is 0 Å². The van der Waals surface area contributed by atoms with Gasteiger partial charge in [0.25, 0.3) is 0 Å². The highest BCUT2D eigenvalue weighted by atomic mass is 16.5. The summed E-state index contributed by atoms with van der Waals surface area (Å²) in [7, 11) is 0. The van der Waals surface area contributed by atoms with Crippen LogP contribution in [0, 0.1) is 12.1 Å². The lowest BCUT2D eigenvalue weighted by molar-refractivity contribution is 0.0422. The Morgan fingerprint density at radius 2 is 2.18 bits per heavy atom. The Balaban J connectivity index is 2.60. The van der Waals surface area contributed by atoms with E-state index in [1.165, 1.54) is 0 Å². The van der Waals surface area contributed by atoms with E-state index in [1.54, 1.807) is 12.1 Å². The third-order valence-corrected chi connectivity index (χ3v) is 1.78. The third kappa shape index (κ3) is 0.779. The van der Waals surface area contributed by atoms with Crippen LogP contribution in [0.2, 0.25) is 0 Å². The van der Waals surface area contributed by atoms with Crippen LogP contribution in [0.15, 0.2) is 12.1 Å². The van der Waals surface area contributed by atoms with Crippen molar-refractivity contribution in [3.63, 3.8) is 0 Å². The number of carbonyl (C=O) groups excluding carboxylic acids is 1. The number of esters is 1. The molecule has 0 spiro atoms. The largest absolute Gasteiger partial charge is 0.454 e. The number of ether oxygens (including phenoxy) is 1. The van der Waals surface area contributed by atoms with Gasteiger partial charge in [0.15, 0.2) is 0 Å². The molecule has 1 unspecified atom stereocenters. The molecule has 11 heavy (non-hydrogen) atoms. The molecule has 0 radical (unpaired) electrons. The van der Waals surface area contributed by atoms with E-state index in [1.807, 2.05) is 6.92 Å². The molecule has 0 aliphatic carbocycles. The first-order valence-corrected chi connectivity index (χ1v) is 3.41. The molecular weight excluding hydrogens is 140 g/mol. The van der Waals surface area contributed by atoms with Crippen molar-refractivity contribution in [2.45, 2.75) is 13.0 Å². The molecule has 1 heterocycles. The molecule has 0 aromatic heterocycles. The molecule has 0 bridgehead atoms. The van der Waals surface area contributed by atoms with Gasteiger partial charge >= 0.3 is 5.97 Å². The molecule has 0 N–H and O–H groups in total. The number of hydrogen-bond donors (Lipinski definition) is 0. The summed E-state index contributed by atoms with van der Waals surface area (Å²) in [5.41, 5.74) is 1.53. The molecular formula is C9H6O2. The Hall–Kier alpha value is -1.49. The summed E-state index contributed by atoms with van der Waals surface area (Å²) in [6, 6.07) is 8.86. The van der Waals surface area contributed by atoms with Gasteiger partial charge < -0.3 is 4.74 Å². The molecule has 1 aliphatic heterocycles. The first kappa shape index (κ1) is 6.23. The Morgan fingerprint density at radius 1 is 1.45 bits per heavy atom. The fraction of sp³-hybridized carbons (Fsp3) is 0.222. The molecule has 2 heteroatoms. The Kier molecular flexibility index (Phi) is 1.13. The average molecular weight is 146 g/mol. The van der Waals surface area contributed by atoms with Gasteiger partial charge in [0.05, 0.1) is 5.56 Å². The van der Waals surface area contributed by atoms with E-state index in [0.29, 0.717) is 5.56 Å². The monoisotopic (exact) mass is 146 g/mol. The third-order valence-electron chi connectivity index (χ3n) is 1.78. The van der Waals surface area contributed by atoms with Crippen LogP contribution in [0.4, 0.5) is 0 Å². The van der Waals surface area contributed by atoms with Crippen molar-refractivity contribution in [2.75, 3.05) is 0 Å². The van der Waals surface area contributed by atoms with Gasteiger partial charge in [-0.25, -0.2) is 4.79 Å². The summed E-state index contributed by atoms with van der Waals surface area (Å²) < 4.78 is 4.95. The van der Waals surface area contributed by atoms with E-state index in [9.17, 15) is 4.79 Å². The van der Waals surface area contributed by atoms with Crippen molar-refractivity contribution >= 4 is 5.97 Å². The van der Waals surface area contributed by atoms with E-state index in [2.05, 4.69) is 12.1 Å². The van der Waals surface area contributed by atoms with Gasteiger partial charge in [-0.1, -0.05) is 12.1 Å². The fourth-order valence-electron chi connectivity index (χ4n) is 1.19. The predicted octanol–water partition coefficient (Wildman–Crippen LogP) is 1.52. The van der Waals surface area contributed by atoms with E-state index >= 15 is 0 Å². The van der Waals surface area contributed by atoms with E-state index in [4.69, 9.17) is 4.74 Å². The zero-order valence-corrected chi connectivity index (χ0v) is 6.05. The minimum absolute atomic E-state index is 0.122. The second-order valence-electron chi connectivity index (χ2n) is 2.49. The zero-order chi connectivity index (χ0) is 7.84. The van der Waals surface area contributed by atoms with Crippen molar-refractivity contribution in [3.8, 4) is 0 Å². The van der Waals surface area contributed by atoms with Crippen LogP contribution in [-0.4, -0.2) is 5.97 Å². The minimum atomic E-state index is -0.252. The van der Waals surface area contributed by atoms with E-state index < -0.39 is 0 Å². The van der Waals surface area contributed by atoms with Crippen LogP contribution in [0.3, 0.4) is 0 Å². The van der Waals surface area contributed by atoms with Crippen LogP contribution in [0.25, 0.3) is 0 Å². The number of hydrogen-bond acceptors (Lipinski definition) is 2. The Labute approximate surface area is 64.8 Å². The number of rotatable bonds is 0. The van der Waals surface area contributed by atoms with Crippen LogP contribution < -0.4 is 0 Å². The molecule has 1 aromatic carbocycles.